The summed E-state index contributed by atoms with van der Waals surface area (Å²) in [5.41, 5.74) is 7.26. The van der Waals surface area contributed by atoms with Crippen LogP contribution in [-0.4, -0.2) is 11.1 Å². The fourth-order valence-corrected chi connectivity index (χ4v) is 4.28. The Bertz CT molecular complexity index is 545. The first-order valence-electron chi connectivity index (χ1n) is 11.5. The smallest absolute Gasteiger partial charge is 0.336 e. The van der Waals surface area contributed by atoms with Gasteiger partial charge in [0.05, 0.1) is 5.56 Å². The summed E-state index contributed by atoms with van der Waals surface area (Å²) in [6.45, 7) is 11.1. The molecule has 0 aliphatic heterocycles. The number of hydrogen-bond acceptors (Lipinski definition) is 1. The Balaban J connectivity index is 3.75. The number of aromatic carboxylic acids is 1. The quantitative estimate of drug-likeness (QED) is 0.370. The maximum atomic E-state index is 12.4. The normalized spacial score (nSPS) is 11.1. The molecule has 2 heteroatoms. The van der Waals surface area contributed by atoms with Crippen LogP contribution in [0.5, 0.6) is 0 Å². The Hall–Kier alpha value is -1.31. The van der Waals surface area contributed by atoms with E-state index in [1.54, 1.807) is 0 Å². The van der Waals surface area contributed by atoms with Gasteiger partial charge in [0.2, 0.25) is 0 Å². The van der Waals surface area contributed by atoms with E-state index in [9.17, 15) is 9.90 Å². The molecule has 0 unspecified atom stereocenters. The van der Waals surface area contributed by atoms with E-state index in [1.165, 1.54) is 27.8 Å². The van der Waals surface area contributed by atoms with Crippen LogP contribution >= 0.6 is 0 Å². The molecule has 0 radical (unpaired) electrons. The monoisotopic (exact) mass is 374 g/mol. The van der Waals surface area contributed by atoms with Gasteiger partial charge >= 0.3 is 5.97 Å². The van der Waals surface area contributed by atoms with Crippen LogP contribution in [0.15, 0.2) is 0 Å². The SMILES string of the molecule is CCCCc1c(CC)c(CCCC)c(CCCC)c(C(=O)O)c1CCCC. The zero-order chi connectivity index (χ0) is 20.2. The van der Waals surface area contributed by atoms with Crippen molar-refractivity contribution in [2.75, 3.05) is 0 Å². The summed E-state index contributed by atoms with van der Waals surface area (Å²) in [7, 11) is 0. The van der Waals surface area contributed by atoms with Crippen molar-refractivity contribution in [1.29, 1.82) is 0 Å². The number of benzene rings is 1. The summed E-state index contributed by atoms with van der Waals surface area (Å²) in [6, 6.07) is 0. The van der Waals surface area contributed by atoms with Crippen LogP contribution in [0.3, 0.4) is 0 Å². The number of carboxylic acids is 1. The van der Waals surface area contributed by atoms with Crippen LogP contribution in [0.1, 0.15) is 124 Å². The van der Waals surface area contributed by atoms with Crippen LogP contribution in [0.4, 0.5) is 0 Å². The van der Waals surface area contributed by atoms with Crippen molar-refractivity contribution in [2.24, 2.45) is 0 Å². The standard InChI is InChI=1S/C25H42O2/c1-6-11-15-20-19(10-5)21(16-12-7-2)23(18-14-9-4)24(25(26)27)22(20)17-13-8-3/h6-18H2,1-5H3,(H,26,27). The van der Waals surface area contributed by atoms with E-state index in [1.807, 2.05) is 0 Å². The first kappa shape index (κ1) is 23.7. The lowest BCUT2D eigenvalue weighted by atomic mass is 9.79. The van der Waals surface area contributed by atoms with Gasteiger partial charge in [-0.05, 0) is 85.6 Å². The van der Waals surface area contributed by atoms with E-state index < -0.39 is 5.97 Å². The summed E-state index contributed by atoms with van der Waals surface area (Å²) < 4.78 is 0. The summed E-state index contributed by atoms with van der Waals surface area (Å²) in [5.74, 6) is -0.703. The average molecular weight is 375 g/mol. The molecule has 0 aliphatic rings. The molecule has 1 aromatic rings. The van der Waals surface area contributed by atoms with E-state index >= 15 is 0 Å². The number of hydrogen-bond donors (Lipinski definition) is 1. The highest BCUT2D eigenvalue weighted by molar-refractivity contribution is 5.92. The zero-order valence-corrected chi connectivity index (χ0v) is 18.5. The van der Waals surface area contributed by atoms with Crippen molar-refractivity contribution in [3.8, 4) is 0 Å². The second-order valence-corrected chi connectivity index (χ2v) is 7.84. The first-order chi connectivity index (χ1) is 13.1. The van der Waals surface area contributed by atoms with Crippen molar-refractivity contribution in [3.63, 3.8) is 0 Å². The third-order valence-corrected chi connectivity index (χ3v) is 5.75. The number of carbonyl (C=O) groups is 1. The Morgan fingerprint density at radius 1 is 0.593 bits per heavy atom. The van der Waals surface area contributed by atoms with E-state index in [0.717, 1.165) is 83.5 Å². The minimum atomic E-state index is -0.703. The highest BCUT2D eigenvalue weighted by Crippen LogP contribution is 2.34. The molecule has 0 bridgehead atoms. The Labute approximate surface area is 167 Å². The lowest BCUT2D eigenvalue weighted by molar-refractivity contribution is 0.0694. The van der Waals surface area contributed by atoms with Crippen LogP contribution in [-0.2, 0) is 32.1 Å². The molecule has 0 aliphatic carbocycles. The third-order valence-electron chi connectivity index (χ3n) is 5.75. The lowest BCUT2D eigenvalue weighted by Gasteiger charge is -2.25. The summed E-state index contributed by atoms with van der Waals surface area (Å²) in [6.07, 6.45) is 13.9. The maximum Gasteiger partial charge on any atom is 0.336 e. The largest absolute Gasteiger partial charge is 0.478 e. The van der Waals surface area contributed by atoms with Gasteiger partial charge in [0.25, 0.3) is 0 Å². The molecule has 0 heterocycles. The summed E-state index contributed by atoms with van der Waals surface area (Å²) >= 11 is 0. The molecule has 0 saturated heterocycles. The van der Waals surface area contributed by atoms with Gasteiger partial charge < -0.3 is 5.11 Å². The van der Waals surface area contributed by atoms with E-state index in [0.29, 0.717) is 5.56 Å². The number of carboxylic acid groups (broad SMARTS) is 1. The van der Waals surface area contributed by atoms with E-state index in [-0.39, 0.29) is 0 Å². The van der Waals surface area contributed by atoms with Gasteiger partial charge in [-0.2, -0.15) is 0 Å². The van der Waals surface area contributed by atoms with Gasteiger partial charge in [0.15, 0.2) is 0 Å². The van der Waals surface area contributed by atoms with E-state index in [2.05, 4.69) is 34.6 Å². The summed E-state index contributed by atoms with van der Waals surface area (Å²) in [5, 5.41) is 10.2. The predicted molar refractivity (Wildman–Crippen MR) is 117 cm³/mol. The fourth-order valence-electron chi connectivity index (χ4n) is 4.28. The molecule has 154 valence electrons. The number of unbranched alkanes of at least 4 members (excludes halogenated alkanes) is 4. The maximum absolute atomic E-state index is 12.4. The van der Waals surface area contributed by atoms with Crippen LogP contribution < -0.4 is 0 Å². The highest BCUT2D eigenvalue weighted by Gasteiger charge is 2.25. The Morgan fingerprint density at radius 3 is 1.19 bits per heavy atom. The van der Waals surface area contributed by atoms with Gasteiger partial charge in [-0.25, -0.2) is 4.79 Å². The van der Waals surface area contributed by atoms with Crippen LogP contribution in [0.2, 0.25) is 0 Å². The fraction of sp³-hybridized carbons (Fsp3) is 0.720. The van der Waals surface area contributed by atoms with Crippen LogP contribution in [0, 0.1) is 0 Å². The molecule has 0 fully saturated rings. The zero-order valence-electron chi connectivity index (χ0n) is 18.5. The topological polar surface area (TPSA) is 37.3 Å². The number of rotatable bonds is 14. The van der Waals surface area contributed by atoms with Crippen LogP contribution in [0.25, 0.3) is 0 Å². The molecule has 0 aromatic heterocycles. The second kappa shape index (κ2) is 13.0. The Kier molecular flexibility index (Phi) is 11.4. The molecular formula is C25H42O2. The van der Waals surface area contributed by atoms with E-state index in [4.69, 9.17) is 0 Å². The van der Waals surface area contributed by atoms with Crippen molar-refractivity contribution in [1.82, 2.24) is 0 Å². The van der Waals surface area contributed by atoms with Crippen molar-refractivity contribution >= 4 is 5.97 Å². The molecule has 1 N–H and O–H groups in total. The third kappa shape index (κ3) is 6.36. The summed E-state index contributed by atoms with van der Waals surface area (Å²) in [4.78, 5) is 12.4. The van der Waals surface area contributed by atoms with Gasteiger partial charge in [-0.1, -0.05) is 60.3 Å². The molecule has 0 atom stereocenters. The molecule has 2 nitrogen and oxygen atoms in total. The first-order valence-corrected chi connectivity index (χ1v) is 11.5. The molecule has 1 rings (SSSR count). The molecule has 27 heavy (non-hydrogen) atoms. The van der Waals surface area contributed by atoms with Gasteiger partial charge in [0, 0.05) is 0 Å². The minimum Gasteiger partial charge on any atom is -0.478 e. The molecule has 1 aromatic carbocycles. The van der Waals surface area contributed by atoms with Crippen molar-refractivity contribution in [2.45, 2.75) is 118 Å². The van der Waals surface area contributed by atoms with Crippen molar-refractivity contribution in [3.05, 3.63) is 33.4 Å². The van der Waals surface area contributed by atoms with Crippen molar-refractivity contribution < 1.29 is 9.90 Å². The predicted octanol–water partition coefficient (Wildman–Crippen LogP) is 7.32. The van der Waals surface area contributed by atoms with Gasteiger partial charge in [-0.15, -0.1) is 0 Å². The molecule has 0 spiro atoms. The second-order valence-electron chi connectivity index (χ2n) is 7.84. The minimum absolute atomic E-state index is 0.673. The Morgan fingerprint density at radius 2 is 0.926 bits per heavy atom. The molecule has 0 saturated carbocycles. The lowest BCUT2D eigenvalue weighted by Crippen LogP contribution is -2.17. The highest BCUT2D eigenvalue weighted by atomic mass is 16.4. The van der Waals surface area contributed by atoms with Gasteiger partial charge in [-0.3, -0.25) is 0 Å². The van der Waals surface area contributed by atoms with Gasteiger partial charge in [0.1, 0.15) is 0 Å². The molecule has 0 amide bonds. The average Bonchev–Trinajstić information content (AvgIpc) is 2.66. The molecular weight excluding hydrogens is 332 g/mol.